The first-order valence-electron chi connectivity index (χ1n) is 11.6. The average Bonchev–Trinajstić information content (AvgIpc) is 3.31. The minimum atomic E-state index is -4.05. The van der Waals surface area contributed by atoms with E-state index in [9.17, 15) is 13.2 Å². The maximum atomic E-state index is 15.3. The molecule has 3 fully saturated rings. The third-order valence-electron chi connectivity index (χ3n) is 7.29. The predicted molar refractivity (Wildman–Crippen MR) is 130 cm³/mol. The number of carbonyl (C=O) groups excluding carboxylic acids is 1. The molecule has 7 rings (SSSR count). The van der Waals surface area contributed by atoms with E-state index in [2.05, 4.69) is 15.5 Å². The van der Waals surface area contributed by atoms with Crippen LogP contribution in [0.25, 0.3) is 11.4 Å². The van der Waals surface area contributed by atoms with E-state index >= 15 is 4.39 Å². The number of anilines is 1. The van der Waals surface area contributed by atoms with Crippen LogP contribution in [0.3, 0.4) is 0 Å². The van der Waals surface area contributed by atoms with Crippen LogP contribution in [0.2, 0.25) is 5.02 Å². The molecule has 9 nitrogen and oxygen atoms in total. The summed E-state index contributed by atoms with van der Waals surface area (Å²) in [6, 6.07) is 7.68. The van der Waals surface area contributed by atoms with E-state index in [0.717, 1.165) is 25.5 Å². The van der Waals surface area contributed by atoms with Gasteiger partial charge in [-0.25, -0.2) is 12.8 Å². The molecule has 0 radical (unpaired) electrons. The molecule has 1 amide bonds. The van der Waals surface area contributed by atoms with Crippen LogP contribution in [0.4, 0.5) is 10.1 Å². The summed E-state index contributed by atoms with van der Waals surface area (Å²) in [5, 5.41) is 7.87. The fraction of sp³-hybridized carbons (Fsp3) is 0.375. The van der Waals surface area contributed by atoms with Crippen molar-refractivity contribution in [3.8, 4) is 11.4 Å². The number of hydrogen-bond donors (Lipinski definition) is 2. The molecular formula is C24H23ClFN5O4S. The number of rotatable bonds is 4. The molecule has 4 heterocycles. The van der Waals surface area contributed by atoms with Crippen LogP contribution < -0.4 is 16.0 Å². The quantitative estimate of drug-likeness (QED) is 0.525. The highest BCUT2D eigenvalue weighted by Gasteiger charge is 2.52. The Morgan fingerprint density at radius 2 is 2.00 bits per heavy atom. The zero-order chi connectivity index (χ0) is 25.2. The molecule has 188 valence electrons. The molecule has 3 aromatic rings. The Morgan fingerprint density at radius 3 is 2.69 bits per heavy atom. The minimum absolute atomic E-state index is 0.00136. The Bertz CT molecular complexity index is 1460. The first-order valence-corrected chi connectivity index (χ1v) is 13.6. The van der Waals surface area contributed by atoms with Crippen molar-refractivity contribution in [1.29, 1.82) is 0 Å². The van der Waals surface area contributed by atoms with Crippen molar-refractivity contribution in [3.05, 3.63) is 58.7 Å². The Morgan fingerprint density at radius 1 is 1.25 bits per heavy atom. The molecule has 0 spiro atoms. The van der Waals surface area contributed by atoms with Crippen molar-refractivity contribution in [3.63, 3.8) is 0 Å². The topological polar surface area (TPSA) is 131 Å². The van der Waals surface area contributed by atoms with Crippen molar-refractivity contribution in [2.75, 3.05) is 23.7 Å². The Labute approximate surface area is 211 Å². The fourth-order valence-corrected chi connectivity index (χ4v) is 7.17. The lowest BCUT2D eigenvalue weighted by Crippen LogP contribution is -2.57. The van der Waals surface area contributed by atoms with Crippen molar-refractivity contribution < 1.29 is 22.1 Å². The molecule has 3 aliphatic heterocycles. The van der Waals surface area contributed by atoms with Gasteiger partial charge in [-0.1, -0.05) is 28.9 Å². The molecule has 2 aromatic carbocycles. The van der Waals surface area contributed by atoms with Crippen LogP contribution in [0.5, 0.6) is 0 Å². The van der Waals surface area contributed by atoms with Gasteiger partial charge in [0.2, 0.25) is 17.6 Å². The van der Waals surface area contributed by atoms with E-state index in [0.29, 0.717) is 28.9 Å². The van der Waals surface area contributed by atoms with Gasteiger partial charge in [-0.3, -0.25) is 4.79 Å². The van der Waals surface area contributed by atoms with E-state index in [1.165, 1.54) is 11.0 Å². The number of sulfone groups is 1. The largest absolute Gasteiger partial charge is 0.338 e. The number of halogens is 2. The van der Waals surface area contributed by atoms with E-state index < -0.39 is 33.4 Å². The van der Waals surface area contributed by atoms with Crippen LogP contribution in [-0.2, 0) is 26.6 Å². The molecule has 36 heavy (non-hydrogen) atoms. The van der Waals surface area contributed by atoms with Crippen LogP contribution >= 0.6 is 11.6 Å². The SMILES string of the molecule is N[C@H]1CS(=O)(=O)c2cc(F)c(-c3noc(C45CNCC(C4)C5)n3)cc2N(Cc2ccc(Cl)cc2)C1=O. The lowest BCUT2D eigenvalue weighted by molar-refractivity contribution is -0.119. The van der Waals surface area contributed by atoms with Gasteiger partial charge in [-0.2, -0.15) is 4.98 Å². The standard InChI is InChI=1S/C24H23ClFN5O4S/c25-15-3-1-13(2-4-15)10-31-19-5-16(17(26)6-20(19)36(33,34)11-18(27)22(31)32)21-29-23(35-30-21)24-7-14(8-24)9-28-12-24/h1-6,14,18,28H,7-12,27H2/t14?,18-,24?/m0/s1. The van der Waals surface area contributed by atoms with Gasteiger partial charge in [0.25, 0.3) is 0 Å². The molecule has 4 aliphatic rings. The normalized spacial score (nSPS) is 26.8. The molecule has 12 heteroatoms. The number of nitrogens with one attached hydrogen (secondary N) is 1. The van der Waals surface area contributed by atoms with Gasteiger partial charge < -0.3 is 20.5 Å². The van der Waals surface area contributed by atoms with Gasteiger partial charge >= 0.3 is 0 Å². The number of carbonyl (C=O) groups is 1. The Hall–Kier alpha value is -2.86. The van der Waals surface area contributed by atoms with Crippen molar-refractivity contribution in [2.24, 2.45) is 11.7 Å². The van der Waals surface area contributed by atoms with E-state index in [1.54, 1.807) is 24.3 Å². The molecular weight excluding hydrogens is 509 g/mol. The summed E-state index contributed by atoms with van der Waals surface area (Å²) in [5.74, 6) is -1.06. The summed E-state index contributed by atoms with van der Waals surface area (Å²) in [7, 11) is -4.05. The number of hydrogen-bond acceptors (Lipinski definition) is 8. The number of aromatic nitrogens is 2. The van der Waals surface area contributed by atoms with Gasteiger partial charge in [-0.15, -0.1) is 0 Å². The monoisotopic (exact) mass is 531 g/mol. The zero-order valence-corrected chi connectivity index (χ0v) is 20.7. The molecule has 2 saturated heterocycles. The maximum Gasteiger partial charge on any atom is 0.245 e. The zero-order valence-electron chi connectivity index (χ0n) is 19.1. The first-order chi connectivity index (χ1) is 17.1. The summed E-state index contributed by atoms with van der Waals surface area (Å²) < 4.78 is 47.0. The highest BCUT2D eigenvalue weighted by atomic mass is 35.5. The smallest absolute Gasteiger partial charge is 0.245 e. The molecule has 0 unspecified atom stereocenters. The van der Waals surface area contributed by atoms with Crippen LogP contribution in [-0.4, -0.2) is 49.3 Å². The molecule has 1 atom stereocenters. The fourth-order valence-electron chi connectivity index (χ4n) is 5.47. The average molecular weight is 532 g/mol. The number of benzene rings is 2. The number of amides is 1. The molecule has 1 saturated carbocycles. The summed E-state index contributed by atoms with van der Waals surface area (Å²) in [4.78, 5) is 18.7. The summed E-state index contributed by atoms with van der Waals surface area (Å²) in [6.45, 7) is 1.68. The lowest BCUT2D eigenvalue weighted by atomic mass is 9.59. The van der Waals surface area contributed by atoms with Gasteiger partial charge in [0.15, 0.2) is 9.84 Å². The van der Waals surface area contributed by atoms with E-state index in [1.807, 2.05) is 0 Å². The predicted octanol–water partition coefficient (Wildman–Crippen LogP) is 2.43. The highest BCUT2D eigenvalue weighted by molar-refractivity contribution is 7.91. The summed E-state index contributed by atoms with van der Waals surface area (Å²) >= 11 is 5.98. The molecule has 2 bridgehead atoms. The number of fused-ring (bicyclic) bond motifs is 3. The third-order valence-corrected chi connectivity index (χ3v) is 9.33. The Balaban J connectivity index is 1.45. The van der Waals surface area contributed by atoms with Gasteiger partial charge in [0.1, 0.15) is 5.82 Å². The number of nitrogens with zero attached hydrogens (tertiary/aromatic N) is 3. The molecule has 1 aliphatic carbocycles. The van der Waals surface area contributed by atoms with Gasteiger partial charge in [0, 0.05) is 11.6 Å². The molecule has 1 aromatic heterocycles. The van der Waals surface area contributed by atoms with Crippen molar-refractivity contribution in [1.82, 2.24) is 15.5 Å². The summed E-state index contributed by atoms with van der Waals surface area (Å²) in [5.41, 5.74) is 6.36. The maximum absolute atomic E-state index is 15.3. The second kappa shape index (κ2) is 8.34. The second-order valence-electron chi connectivity index (χ2n) is 9.85. The Kier molecular flexibility index (Phi) is 5.45. The van der Waals surface area contributed by atoms with Crippen LogP contribution in [0.1, 0.15) is 24.3 Å². The molecule has 3 N–H and O–H groups in total. The first kappa shape index (κ1) is 23.5. The van der Waals surface area contributed by atoms with Crippen LogP contribution in [0.15, 0.2) is 45.8 Å². The third kappa shape index (κ3) is 3.81. The second-order valence-corrected chi connectivity index (χ2v) is 12.3. The highest BCUT2D eigenvalue weighted by Crippen LogP contribution is 2.49. The number of piperidine rings is 2. The lowest BCUT2D eigenvalue weighted by Gasteiger charge is -2.50. The van der Waals surface area contributed by atoms with Crippen molar-refractivity contribution in [2.45, 2.75) is 35.7 Å². The van der Waals surface area contributed by atoms with Crippen molar-refractivity contribution >= 4 is 33.0 Å². The van der Waals surface area contributed by atoms with E-state index in [-0.39, 0.29) is 33.9 Å². The summed E-state index contributed by atoms with van der Waals surface area (Å²) in [6.07, 6.45) is 1.85. The van der Waals surface area contributed by atoms with E-state index in [4.69, 9.17) is 21.9 Å². The van der Waals surface area contributed by atoms with Gasteiger partial charge in [0.05, 0.1) is 39.9 Å². The van der Waals surface area contributed by atoms with Gasteiger partial charge in [-0.05, 0) is 55.1 Å². The number of nitrogens with two attached hydrogens (primary N) is 1. The van der Waals surface area contributed by atoms with Crippen LogP contribution in [0, 0.1) is 11.7 Å². The minimum Gasteiger partial charge on any atom is -0.338 e.